The van der Waals surface area contributed by atoms with E-state index in [1.807, 2.05) is 25.1 Å². The molecule has 0 aliphatic rings. The highest BCUT2D eigenvalue weighted by Crippen LogP contribution is 2.33. The maximum atomic E-state index is 13.1. The van der Waals surface area contributed by atoms with Gasteiger partial charge in [-0.3, -0.25) is 0 Å². The first-order valence-electron chi connectivity index (χ1n) is 7.71. The maximum absolute atomic E-state index is 13.1. The molecule has 0 radical (unpaired) electrons. The molecule has 0 amide bonds. The van der Waals surface area contributed by atoms with Crippen LogP contribution < -0.4 is 5.73 Å². The number of H-pyrrole nitrogens is 1. The van der Waals surface area contributed by atoms with E-state index in [4.69, 9.17) is 5.73 Å². The van der Waals surface area contributed by atoms with Crippen LogP contribution in [0.5, 0.6) is 0 Å². The Kier molecular flexibility index (Phi) is 3.40. The van der Waals surface area contributed by atoms with E-state index in [-0.39, 0.29) is 4.90 Å². The summed E-state index contributed by atoms with van der Waals surface area (Å²) in [6.45, 7) is 1.86. The number of nitrogens with two attached hydrogens (primary N) is 1. The first kappa shape index (κ1) is 15.5. The number of para-hydroxylation sites is 1. The number of rotatable bonds is 3. The molecule has 2 heterocycles. The fourth-order valence-electron chi connectivity index (χ4n) is 2.99. The van der Waals surface area contributed by atoms with Crippen LogP contribution in [0.15, 0.2) is 65.7 Å². The highest BCUT2D eigenvalue weighted by Gasteiger charge is 2.23. The molecule has 4 aromatic rings. The van der Waals surface area contributed by atoms with Crippen molar-refractivity contribution < 1.29 is 8.42 Å². The lowest BCUT2D eigenvalue weighted by atomic mass is 10.1. The van der Waals surface area contributed by atoms with Gasteiger partial charge in [0.2, 0.25) is 0 Å². The number of hydrogen-bond acceptors (Lipinski definition) is 4. The van der Waals surface area contributed by atoms with Crippen molar-refractivity contribution in [2.24, 2.45) is 0 Å². The molecule has 0 aliphatic heterocycles. The second-order valence-corrected chi connectivity index (χ2v) is 7.58. The smallest absolute Gasteiger partial charge is 0.268 e. The Bertz CT molecular complexity index is 1170. The summed E-state index contributed by atoms with van der Waals surface area (Å²) in [6, 6.07) is 15.7. The molecule has 2 aromatic carbocycles. The average Bonchev–Trinajstić information content (AvgIpc) is 3.15. The van der Waals surface area contributed by atoms with Crippen LogP contribution >= 0.6 is 0 Å². The quantitative estimate of drug-likeness (QED) is 0.592. The predicted molar refractivity (Wildman–Crippen MR) is 97.7 cm³/mol. The monoisotopic (exact) mass is 352 g/mol. The van der Waals surface area contributed by atoms with Crippen molar-refractivity contribution in [1.29, 1.82) is 0 Å². The minimum absolute atomic E-state index is 0.237. The number of fused-ring (bicyclic) bond motifs is 1. The zero-order chi connectivity index (χ0) is 17.6. The van der Waals surface area contributed by atoms with Crippen LogP contribution in [0, 0.1) is 6.92 Å². The van der Waals surface area contributed by atoms with Gasteiger partial charge in [0.25, 0.3) is 10.0 Å². The van der Waals surface area contributed by atoms with Gasteiger partial charge in [-0.1, -0.05) is 36.4 Å². The van der Waals surface area contributed by atoms with Crippen molar-refractivity contribution in [2.75, 3.05) is 5.73 Å². The van der Waals surface area contributed by atoms with Crippen LogP contribution in [0.1, 0.15) is 5.69 Å². The van der Waals surface area contributed by atoms with Gasteiger partial charge in [-0.25, -0.2) is 17.4 Å². The molecule has 0 fully saturated rings. The van der Waals surface area contributed by atoms with Gasteiger partial charge in [-0.2, -0.15) is 0 Å². The molecule has 0 saturated heterocycles. The molecular formula is C18H16N4O2S. The van der Waals surface area contributed by atoms with Crippen LogP contribution in [0.2, 0.25) is 0 Å². The van der Waals surface area contributed by atoms with Crippen molar-refractivity contribution in [1.82, 2.24) is 13.9 Å². The number of aryl methyl sites for hydroxylation is 1. The van der Waals surface area contributed by atoms with E-state index >= 15 is 0 Å². The molecule has 0 atom stereocenters. The van der Waals surface area contributed by atoms with Crippen molar-refractivity contribution in [3.63, 3.8) is 0 Å². The summed E-state index contributed by atoms with van der Waals surface area (Å²) in [4.78, 5) is 7.51. The minimum Gasteiger partial charge on any atom is -0.369 e. The third-order valence-corrected chi connectivity index (χ3v) is 5.82. The van der Waals surface area contributed by atoms with E-state index < -0.39 is 10.0 Å². The number of aromatic nitrogens is 3. The number of nitrogens with zero attached hydrogens (tertiary/aromatic N) is 2. The highest BCUT2D eigenvalue weighted by atomic mass is 32.2. The molecule has 0 bridgehead atoms. The van der Waals surface area contributed by atoms with Gasteiger partial charge in [0, 0.05) is 22.8 Å². The Morgan fingerprint density at radius 3 is 2.40 bits per heavy atom. The summed E-state index contributed by atoms with van der Waals surface area (Å²) in [5, 5.41) is 0.802. The molecule has 0 saturated carbocycles. The van der Waals surface area contributed by atoms with Crippen LogP contribution in [0.25, 0.3) is 22.2 Å². The first-order chi connectivity index (χ1) is 12.0. The van der Waals surface area contributed by atoms with Gasteiger partial charge in [0.15, 0.2) is 5.95 Å². The van der Waals surface area contributed by atoms with E-state index in [9.17, 15) is 8.42 Å². The summed E-state index contributed by atoms with van der Waals surface area (Å²) in [6.07, 6.45) is 1.61. The van der Waals surface area contributed by atoms with Crippen molar-refractivity contribution in [3.05, 3.63) is 66.5 Å². The van der Waals surface area contributed by atoms with E-state index in [1.54, 1.807) is 42.6 Å². The number of benzene rings is 2. The molecule has 126 valence electrons. The first-order valence-corrected chi connectivity index (χ1v) is 9.15. The highest BCUT2D eigenvalue weighted by molar-refractivity contribution is 7.90. The van der Waals surface area contributed by atoms with Gasteiger partial charge in [0.1, 0.15) is 0 Å². The summed E-state index contributed by atoms with van der Waals surface area (Å²) in [7, 11) is -3.71. The Hall–Kier alpha value is -3.06. The number of hydrogen-bond donors (Lipinski definition) is 2. The molecule has 0 aliphatic carbocycles. The van der Waals surface area contributed by atoms with Crippen LogP contribution in [0.4, 0.5) is 5.95 Å². The number of aromatic amines is 1. The minimum atomic E-state index is -3.71. The van der Waals surface area contributed by atoms with Gasteiger partial charge in [-0.05, 0) is 25.1 Å². The van der Waals surface area contributed by atoms with Gasteiger partial charge < -0.3 is 10.7 Å². The topological polar surface area (TPSA) is 93.8 Å². The standard InChI is InChI=1S/C18H16N4O2S/c1-12-17(21-18(19)20-12)15-11-22(16-10-6-5-9-14(15)16)25(23,24)13-7-3-2-4-8-13/h2-11H,1H3,(H3,19,20,21). The van der Waals surface area contributed by atoms with Gasteiger partial charge >= 0.3 is 0 Å². The fourth-order valence-corrected chi connectivity index (χ4v) is 4.38. The Morgan fingerprint density at radius 1 is 1.04 bits per heavy atom. The Morgan fingerprint density at radius 2 is 1.72 bits per heavy atom. The summed E-state index contributed by atoms with van der Waals surface area (Å²) >= 11 is 0. The third kappa shape index (κ3) is 2.40. The predicted octanol–water partition coefficient (Wildman–Crippen LogP) is 3.16. The van der Waals surface area contributed by atoms with Crippen LogP contribution in [-0.4, -0.2) is 22.4 Å². The van der Waals surface area contributed by atoms with Crippen molar-refractivity contribution in [3.8, 4) is 11.3 Å². The lowest BCUT2D eigenvalue weighted by Crippen LogP contribution is -2.11. The van der Waals surface area contributed by atoms with E-state index in [0.717, 1.165) is 16.6 Å². The Balaban J connectivity index is 2.03. The van der Waals surface area contributed by atoms with E-state index in [0.29, 0.717) is 17.2 Å². The molecule has 4 rings (SSSR count). The normalized spacial score (nSPS) is 11.9. The molecule has 2 aromatic heterocycles. The van der Waals surface area contributed by atoms with Crippen molar-refractivity contribution in [2.45, 2.75) is 11.8 Å². The fraction of sp³-hybridized carbons (Fsp3) is 0.0556. The Labute approximate surface area is 145 Å². The summed E-state index contributed by atoms with van der Waals surface area (Å²) in [5.41, 5.74) is 8.51. The number of nitrogen functional groups attached to an aromatic ring is 1. The summed E-state index contributed by atoms with van der Waals surface area (Å²) < 4.78 is 27.5. The van der Waals surface area contributed by atoms with Gasteiger partial charge in [-0.15, -0.1) is 0 Å². The molecule has 0 unspecified atom stereocenters. The van der Waals surface area contributed by atoms with Crippen molar-refractivity contribution >= 4 is 26.9 Å². The average molecular weight is 352 g/mol. The molecule has 3 N–H and O–H groups in total. The molecular weight excluding hydrogens is 336 g/mol. The summed E-state index contributed by atoms with van der Waals surface area (Å²) in [5.74, 6) is 0.301. The van der Waals surface area contributed by atoms with Crippen LogP contribution in [-0.2, 0) is 10.0 Å². The second-order valence-electron chi connectivity index (χ2n) is 5.77. The lowest BCUT2D eigenvalue weighted by molar-refractivity contribution is 0.589. The SMILES string of the molecule is Cc1[nH]c(N)nc1-c1cn(S(=O)(=O)c2ccccc2)c2ccccc12. The number of imidazole rings is 1. The maximum Gasteiger partial charge on any atom is 0.268 e. The largest absolute Gasteiger partial charge is 0.369 e. The zero-order valence-corrected chi connectivity index (χ0v) is 14.3. The zero-order valence-electron chi connectivity index (χ0n) is 13.5. The van der Waals surface area contributed by atoms with Gasteiger partial charge in [0.05, 0.1) is 16.1 Å². The lowest BCUT2D eigenvalue weighted by Gasteiger charge is -2.07. The molecule has 6 nitrogen and oxygen atoms in total. The van der Waals surface area contributed by atoms with E-state index in [1.165, 1.54) is 3.97 Å². The molecule has 25 heavy (non-hydrogen) atoms. The van der Waals surface area contributed by atoms with E-state index in [2.05, 4.69) is 9.97 Å². The van der Waals surface area contributed by atoms with Crippen LogP contribution in [0.3, 0.4) is 0 Å². The number of nitrogens with one attached hydrogen (secondary N) is 1. The number of anilines is 1. The molecule has 7 heteroatoms. The second kappa shape index (κ2) is 5.49. The molecule has 0 spiro atoms. The third-order valence-electron chi connectivity index (χ3n) is 4.14.